The number of nitrogens with one attached hydrogen (secondary N) is 2. The molecule has 2 N–H and O–H groups in total. The molecule has 0 aliphatic carbocycles. The number of halogens is 3. The van der Waals surface area contributed by atoms with Crippen molar-refractivity contribution in [3.05, 3.63) is 0 Å². The fourth-order valence-electron chi connectivity index (χ4n) is 1.99. The molecular formula is C10H20F3N3O2S. The molecule has 1 aliphatic heterocycles. The standard InChI is InChI=1S/C10H20F3N3O2S/c1-2-7-19(17,18)15-8-9(10(11,12)13)16-5-3-14-4-6-16/h9,14-15H,2-8H2,1H3. The number of rotatable bonds is 6. The van der Waals surface area contributed by atoms with Crippen LogP contribution in [0.4, 0.5) is 13.2 Å². The topological polar surface area (TPSA) is 61.4 Å². The molecule has 0 aromatic carbocycles. The zero-order chi connectivity index (χ0) is 14.5. The van der Waals surface area contributed by atoms with Gasteiger partial charge in [0.2, 0.25) is 10.0 Å². The predicted molar refractivity (Wildman–Crippen MR) is 66.4 cm³/mol. The van der Waals surface area contributed by atoms with E-state index in [0.717, 1.165) is 0 Å². The fourth-order valence-corrected chi connectivity index (χ4v) is 3.09. The van der Waals surface area contributed by atoms with E-state index in [2.05, 4.69) is 10.0 Å². The number of hydrogen-bond donors (Lipinski definition) is 2. The second-order valence-electron chi connectivity index (χ2n) is 4.51. The van der Waals surface area contributed by atoms with Gasteiger partial charge in [0.1, 0.15) is 6.04 Å². The highest BCUT2D eigenvalue weighted by molar-refractivity contribution is 7.89. The highest BCUT2D eigenvalue weighted by Crippen LogP contribution is 2.24. The maximum Gasteiger partial charge on any atom is 0.405 e. The highest BCUT2D eigenvalue weighted by Gasteiger charge is 2.44. The molecular weight excluding hydrogens is 283 g/mol. The molecule has 9 heteroatoms. The Hall–Kier alpha value is -0.380. The van der Waals surface area contributed by atoms with E-state index in [-0.39, 0.29) is 18.8 Å². The first-order chi connectivity index (χ1) is 8.76. The molecule has 1 unspecified atom stereocenters. The van der Waals surface area contributed by atoms with Crippen molar-refractivity contribution in [3.63, 3.8) is 0 Å². The van der Waals surface area contributed by atoms with Gasteiger partial charge in [0.25, 0.3) is 0 Å². The molecule has 1 atom stereocenters. The third kappa shape index (κ3) is 5.64. The molecule has 0 aromatic heterocycles. The van der Waals surface area contributed by atoms with E-state index < -0.39 is 28.8 Å². The van der Waals surface area contributed by atoms with E-state index in [0.29, 0.717) is 19.5 Å². The Morgan fingerprint density at radius 2 is 1.89 bits per heavy atom. The molecule has 1 heterocycles. The van der Waals surface area contributed by atoms with Gasteiger partial charge in [-0.25, -0.2) is 13.1 Å². The van der Waals surface area contributed by atoms with Crippen LogP contribution in [0, 0.1) is 0 Å². The molecule has 1 aliphatic rings. The Morgan fingerprint density at radius 1 is 1.32 bits per heavy atom. The summed E-state index contributed by atoms with van der Waals surface area (Å²) in [7, 11) is -3.62. The average Bonchev–Trinajstić information content (AvgIpc) is 2.28. The van der Waals surface area contributed by atoms with Crippen LogP contribution >= 0.6 is 0 Å². The second-order valence-corrected chi connectivity index (χ2v) is 6.44. The summed E-state index contributed by atoms with van der Waals surface area (Å²) in [5, 5.41) is 2.97. The molecule has 0 amide bonds. The largest absolute Gasteiger partial charge is 0.405 e. The molecule has 1 rings (SSSR count). The smallest absolute Gasteiger partial charge is 0.314 e. The monoisotopic (exact) mass is 303 g/mol. The van der Waals surface area contributed by atoms with Crippen molar-refractivity contribution in [1.82, 2.24) is 14.9 Å². The molecule has 0 spiro atoms. The van der Waals surface area contributed by atoms with Crippen molar-refractivity contribution >= 4 is 10.0 Å². The number of nitrogens with zero attached hydrogens (tertiary/aromatic N) is 1. The lowest BCUT2D eigenvalue weighted by Gasteiger charge is -2.35. The van der Waals surface area contributed by atoms with Crippen molar-refractivity contribution in [2.24, 2.45) is 0 Å². The number of alkyl halides is 3. The maximum absolute atomic E-state index is 13.0. The number of piperazine rings is 1. The van der Waals surface area contributed by atoms with Crippen LogP contribution in [0.15, 0.2) is 0 Å². The van der Waals surface area contributed by atoms with Crippen molar-refractivity contribution in [2.45, 2.75) is 25.6 Å². The molecule has 0 saturated carbocycles. The maximum atomic E-state index is 13.0. The predicted octanol–water partition coefficient (Wildman–Crippen LogP) is 0.152. The minimum Gasteiger partial charge on any atom is -0.314 e. The first-order valence-corrected chi connectivity index (χ1v) is 7.90. The normalized spacial score (nSPS) is 20.4. The molecule has 0 radical (unpaired) electrons. The van der Waals surface area contributed by atoms with Crippen molar-refractivity contribution in [2.75, 3.05) is 38.5 Å². The average molecular weight is 303 g/mol. The SMILES string of the molecule is CCCS(=O)(=O)NCC(N1CCNCC1)C(F)(F)F. The zero-order valence-corrected chi connectivity index (χ0v) is 11.6. The van der Waals surface area contributed by atoms with Crippen LogP contribution < -0.4 is 10.0 Å². The van der Waals surface area contributed by atoms with Crippen LogP contribution in [-0.4, -0.2) is 64.0 Å². The van der Waals surface area contributed by atoms with Crippen molar-refractivity contribution in [3.8, 4) is 0 Å². The van der Waals surface area contributed by atoms with Gasteiger partial charge in [-0.2, -0.15) is 13.2 Å². The van der Waals surface area contributed by atoms with Crippen molar-refractivity contribution < 1.29 is 21.6 Å². The minimum absolute atomic E-state index is 0.154. The van der Waals surface area contributed by atoms with Gasteiger partial charge in [-0.15, -0.1) is 0 Å². The van der Waals surface area contributed by atoms with Gasteiger partial charge in [-0.05, 0) is 6.42 Å². The number of sulfonamides is 1. The van der Waals surface area contributed by atoms with Crippen LogP contribution in [0.25, 0.3) is 0 Å². The van der Waals surface area contributed by atoms with Gasteiger partial charge in [0.15, 0.2) is 0 Å². The Kier molecular flexibility index (Phi) is 6.03. The zero-order valence-electron chi connectivity index (χ0n) is 10.8. The lowest BCUT2D eigenvalue weighted by Crippen LogP contribution is -2.57. The van der Waals surface area contributed by atoms with Gasteiger partial charge in [0, 0.05) is 32.7 Å². The van der Waals surface area contributed by atoms with Crippen LogP contribution in [0.5, 0.6) is 0 Å². The third-order valence-electron chi connectivity index (χ3n) is 2.94. The lowest BCUT2D eigenvalue weighted by molar-refractivity contribution is -0.182. The first-order valence-electron chi connectivity index (χ1n) is 6.25. The Labute approximate surface area is 111 Å². The van der Waals surface area contributed by atoms with Crippen LogP contribution in [-0.2, 0) is 10.0 Å². The van der Waals surface area contributed by atoms with E-state index >= 15 is 0 Å². The van der Waals surface area contributed by atoms with E-state index in [1.807, 2.05) is 0 Å². The second kappa shape index (κ2) is 6.87. The Morgan fingerprint density at radius 3 is 2.37 bits per heavy atom. The highest BCUT2D eigenvalue weighted by atomic mass is 32.2. The molecule has 1 saturated heterocycles. The molecule has 0 bridgehead atoms. The summed E-state index contributed by atoms with van der Waals surface area (Å²) in [6.45, 7) is 2.53. The molecule has 114 valence electrons. The summed E-state index contributed by atoms with van der Waals surface area (Å²) in [5.74, 6) is -0.154. The fraction of sp³-hybridized carbons (Fsp3) is 1.00. The molecule has 19 heavy (non-hydrogen) atoms. The van der Waals surface area contributed by atoms with Crippen LogP contribution in [0.2, 0.25) is 0 Å². The van der Waals surface area contributed by atoms with Gasteiger partial charge in [-0.3, -0.25) is 4.90 Å². The summed E-state index contributed by atoms with van der Waals surface area (Å²) < 4.78 is 63.8. The molecule has 1 fully saturated rings. The quantitative estimate of drug-likeness (QED) is 0.733. The molecule has 5 nitrogen and oxygen atoms in total. The summed E-state index contributed by atoms with van der Waals surface area (Å²) in [6.07, 6.45) is -4.06. The van der Waals surface area contributed by atoms with E-state index in [1.165, 1.54) is 4.90 Å². The summed E-state index contributed by atoms with van der Waals surface area (Å²) in [5.41, 5.74) is 0. The number of hydrogen-bond acceptors (Lipinski definition) is 4. The van der Waals surface area contributed by atoms with Gasteiger partial charge in [-0.1, -0.05) is 6.92 Å². The van der Waals surface area contributed by atoms with E-state index in [9.17, 15) is 21.6 Å². The van der Waals surface area contributed by atoms with Gasteiger partial charge < -0.3 is 5.32 Å². The Balaban J connectivity index is 2.65. The van der Waals surface area contributed by atoms with Crippen molar-refractivity contribution in [1.29, 1.82) is 0 Å². The lowest BCUT2D eigenvalue weighted by atomic mass is 10.2. The van der Waals surface area contributed by atoms with E-state index in [4.69, 9.17) is 0 Å². The molecule has 0 aromatic rings. The first kappa shape index (κ1) is 16.7. The Bertz CT molecular complexity index is 367. The van der Waals surface area contributed by atoms with Gasteiger partial charge in [0.05, 0.1) is 5.75 Å². The summed E-state index contributed by atoms with van der Waals surface area (Å²) in [6, 6.07) is -1.76. The third-order valence-corrected chi connectivity index (χ3v) is 4.49. The van der Waals surface area contributed by atoms with Gasteiger partial charge >= 0.3 is 6.18 Å². The van der Waals surface area contributed by atoms with Crippen LogP contribution in [0.3, 0.4) is 0 Å². The minimum atomic E-state index is -4.44. The van der Waals surface area contributed by atoms with Crippen LogP contribution in [0.1, 0.15) is 13.3 Å². The summed E-state index contributed by atoms with van der Waals surface area (Å²) in [4.78, 5) is 1.27. The van der Waals surface area contributed by atoms with E-state index in [1.54, 1.807) is 6.92 Å². The summed E-state index contributed by atoms with van der Waals surface area (Å²) >= 11 is 0.